The summed E-state index contributed by atoms with van der Waals surface area (Å²) >= 11 is 0. The van der Waals surface area contributed by atoms with E-state index in [1.54, 1.807) is 0 Å². The second-order valence-electron chi connectivity index (χ2n) is 5.41. The summed E-state index contributed by atoms with van der Waals surface area (Å²) in [7, 11) is 0. The van der Waals surface area contributed by atoms with Gasteiger partial charge in [0.05, 0.1) is 5.92 Å². The van der Waals surface area contributed by atoms with Gasteiger partial charge in [-0.1, -0.05) is 13.8 Å². The van der Waals surface area contributed by atoms with Crippen LogP contribution in [0.4, 0.5) is 0 Å². The van der Waals surface area contributed by atoms with Gasteiger partial charge in [-0.3, -0.25) is 9.69 Å². The highest BCUT2D eigenvalue weighted by atomic mass is 16.4. The van der Waals surface area contributed by atoms with Crippen LogP contribution in [-0.4, -0.2) is 34.6 Å². The van der Waals surface area contributed by atoms with Crippen LogP contribution in [0.5, 0.6) is 0 Å². The molecule has 0 aromatic heterocycles. The van der Waals surface area contributed by atoms with E-state index in [1.165, 1.54) is 12.8 Å². The first-order valence-electron chi connectivity index (χ1n) is 6.08. The van der Waals surface area contributed by atoms with Gasteiger partial charge in [0.1, 0.15) is 0 Å². The Kier molecular flexibility index (Phi) is 3.01. The van der Waals surface area contributed by atoms with Gasteiger partial charge >= 0.3 is 5.97 Å². The molecule has 2 aliphatic carbocycles. The molecule has 0 saturated heterocycles. The van der Waals surface area contributed by atoms with E-state index in [0.717, 1.165) is 19.4 Å². The molecule has 0 amide bonds. The van der Waals surface area contributed by atoms with Crippen molar-refractivity contribution in [1.82, 2.24) is 4.90 Å². The number of aliphatic carboxylic acids is 1. The highest BCUT2D eigenvalue weighted by Gasteiger charge is 2.45. The normalized spacial score (nSPS) is 30.7. The minimum Gasteiger partial charge on any atom is -0.481 e. The summed E-state index contributed by atoms with van der Waals surface area (Å²) in [5.74, 6) is -0.0503. The first-order valence-corrected chi connectivity index (χ1v) is 6.08. The van der Waals surface area contributed by atoms with Crippen LogP contribution in [0.15, 0.2) is 0 Å². The average Bonchev–Trinajstić information content (AvgIpc) is 2.79. The summed E-state index contributed by atoms with van der Waals surface area (Å²) in [6.45, 7) is 5.49. The van der Waals surface area contributed by atoms with Gasteiger partial charge in [-0.25, -0.2) is 0 Å². The summed E-state index contributed by atoms with van der Waals surface area (Å²) in [5, 5.41) is 9.06. The lowest BCUT2D eigenvalue weighted by atomic mass is 9.78. The zero-order chi connectivity index (χ0) is 11.0. The van der Waals surface area contributed by atoms with Crippen molar-refractivity contribution in [2.75, 3.05) is 6.54 Å². The summed E-state index contributed by atoms with van der Waals surface area (Å²) in [6.07, 6.45) is 4.51. The van der Waals surface area contributed by atoms with E-state index in [-0.39, 0.29) is 5.92 Å². The average molecular weight is 211 g/mol. The Labute approximate surface area is 91.5 Å². The fourth-order valence-electron chi connectivity index (χ4n) is 2.55. The second kappa shape index (κ2) is 4.12. The minimum atomic E-state index is -0.597. The smallest absolute Gasteiger partial charge is 0.308 e. The standard InChI is InChI=1S/C12H21NO2/c1-8(2)7-13(9-3-4-9)11-6-5-10(11)12(14)15/h8-11H,3-7H2,1-2H3,(H,14,15). The second-order valence-corrected chi connectivity index (χ2v) is 5.41. The number of hydrogen-bond acceptors (Lipinski definition) is 2. The monoisotopic (exact) mass is 211 g/mol. The molecule has 15 heavy (non-hydrogen) atoms. The van der Waals surface area contributed by atoms with E-state index in [2.05, 4.69) is 18.7 Å². The molecule has 0 radical (unpaired) electrons. The molecule has 0 aliphatic heterocycles. The Bertz CT molecular complexity index is 248. The maximum absolute atomic E-state index is 11.0. The predicted molar refractivity (Wildman–Crippen MR) is 58.7 cm³/mol. The number of nitrogens with zero attached hydrogens (tertiary/aromatic N) is 1. The van der Waals surface area contributed by atoms with Crippen LogP contribution >= 0.6 is 0 Å². The first kappa shape index (κ1) is 10.9. The number of carboxylic acid groups (broad SMARTS) is 1. The van der Waals surface area contributed by atoms with Crippen LogP contribution < -0.4 is 0 Å². The molecule has 0 heterocycles. The fraction of sp³-hybridized carbons (Fsp3) is 0.917. The molecule has 0 aromatic carbocycles. The van der Waals surface area contributed by atoms with Crippen LogP contribution in [0.1, 0.15) is 39.5 Å². The van der Waals surface area contributed by atoms with Crippen molar-refractivity contribution >= 4 is 5.97 Å². The molecule has 0 spiro atoms. The molecule has 2 rings (SSSR count). The van der Waals surface area contributed by atoms with Crippen molar-refractivity contribution in [3.63, 3.8) is 0 Å². The van der Waals surface area contributed by atoms with Crippen molar-refractivity contribution in [2.24, 2.45) is 11.8 Å². The Hall–Kier alpha value is -0.570. The van der Waals surface area contributed by atoms with E-state index in [1.807, 2.05) is 0 Å². The first-order chi connectivity index (χ1) is 7.09. The van der Waals surface area contributed by atoms with Gasteiger partial charge in [0.15, 0.2) is 0 Å². The predicted octanol–water partition coefficient (Wildman–Crippen LogP) is 1.97. The lowest BCUT2D eigenvalue weighted by Crippen LogP contribution is -2.52. The highest BCUT2D eigenvalue weighted by molar-refractivity contribution is 5.72. The lowest BCUT2D eigenvalue weighted by Gasteiger charge is -2.43. The zero-order valence-corrected chi connectivity index (χ0v) is 9.65. The molecule has 0 aromatic rings. The molecule has 2 atom stereocenters. The summed E-state index contributed by atoms with van der Waals surface area (Å²) in [6, 6.07) is 1.02. The maximum atomic E-state index is 11.0. The molecular formula is C12H21NO2. The largest absolute Gasteiger partial charge is 0.481 e. The van der Waals surface area contributed by atoms with Gasteiger partial charge in [0.25, 0.3) is 0 Å². The van der Waals surface area contributed by atoms with Crippen molar-refractivity contribution < 1.29 is 9.90 Å². The molecule has 3 heteroatoms. The van der Waals surface area contributed by atoms with E-state index >= 15 is 0 Å². The van der Waals surface area contributed by atoms with Gasteiger partial charge in [-0.05, 0) is 31.6 Å². The maximum Gasteiger partial charge on any atom is 0.308 e. The van der Waals surface area contributed by atoms with Gasteiger partial charge in [0, 0.05) is 18.6 Å². The minimum absolute atomic E-state index is 0.0932. The topological polar surface area (TPSA) is 40.5 Å². The van der Waals surface area contributed by atoms with Gasteiger partial charge < -0.3 is 5.11 Å². The summed E-state index contributed by atoms with van der Waals surface area (Å²) in [5.41, 5.74) is 0. The SMILES string of the molecule is CC(C)CN(C1CC1)C1CCC1C(=O)O. The summed E-state index contributed by atoms with van der Waals surface area (Å²) in [4.78, 5) is 13.5. The molecule has 1 N–H and O–H groups in total. The molecule has 2 fully saturated rings. The molecule has 2 aliphatic rings. The zero-order valence-electron chi connectivity index (χ0n) is 9.65. The molecule has 2 saturated carbocycles. The summed E-state index contributed by atoms with van der Waals surface area (Å²) < 4.78 is 0. The van der Waals surface area contributed by atoms with Crippen molar-refractivity contribution in [2.45, 2.75) is 51.6 Å². The van der Waals surface area contributed by atoms with Crippen LogP contribution in [0.3, 0.4) is 0 Å². The van der Waals surface area contributed by atoms with E-state index in [9.17, 15) is 4.79 Å². The van der Waals surface area contributed by atoms with Crippen molar-refractivity contribution in [1.29, 1.82) is 0 Å². The Morgan fingerprint density at radius 3 is 2.33 bits per heavy atom. The number of rotatable bonds is 5. The molecule has 0 bridgehead atoms. The number of carbonyl (C=O) groups is 1. The molecule has 2 unspecified atom stereocenters. The van der Waals surface area contributed by atoms with Crippen LogP contribution in [-0.2, 0) is 4.79 Å². The Balaban J connectivity index is 1.95. The highest BCUT2D eigenvalue weighted by Crippen LogP contribution is 2.39. The van der Waals surface area contributed by atoms with Crippen molar-refractivity contribution in [3.05, 3.63) is 0 Å². The fourth-order valence-corrected chi connectivity index (χ4v) is 2.55. The van der Waals surface area contributed by atoms with Gasteiger partial charge in [-0.15, -0.1) is 0 Å². The number of hydrogen-bond donors (Lipinski definition) is 1. The third kappa shape index (κ3) is 2.33. The number of carboxylic acids is 1. The molecular weight excluding hydrogens is 190 g/mol. The van der Waals surface area contributed by atoms with Crippen LogP contribution in [0, 0.1) is 11.8 Å². The Morgan fingerprint density at radius 2 is 2.00 bits per heavy atom. The third-order valence-electron chi connectivity index (χ3n) is 3.57. The van der Waals surface area contributed by atoms with E-state index in [4.69, 9.17) is 5.11 Å². The van der Waals surface area contributed by atoms with Crippen molar-refractivity contribution in [3.8, 4) is 0 Å². The van der Waals surface area contributed by atoms with Gasteiger partial charge in [0.2, 0.25) is 0 Å². The third-order valence-corrected chi connectivity index (χ3v) is 3.57. The lowest BCUT2D eigenvalue weighted by molar-refractivity contribution is -0.149. The quantitative estimate of drug-likeness (QED) is 0.756. The van der Waals surface area contributed by atoms with Crippen LogP contribution in [0.2, 0.25) is 0 Å². The van der Waals surface area contributed by atoms with Gasteiger partial charge in [-0.2, -0.15) is 0 Å². The van der Waals surface area contributed by atoms with Crippen LogP contribution in [0.25, 0.3) is 0 Å². The molecule has 86 valence electrons. The Morgan fingerprint density at radius 1 is 1.33 bits per heavy atom. The molecule has 3 nitrogen and oxygen atoms in total. The van der Waals surface area contributed by atoms with E-state index in [0.29, 0.717) is 18.0 Å². The van der Waals surface area contributed by atoms with E-state index < -0.39 is 5.97 Å².